The minimum atomic E-state index is 0.561. The summed E-state index contributed by atoms with van der Waals surface area (Å²) >= 11 is 5.17. The first-order valence-electron chi connectivity index (χ1n) is 12.6. The molecule has 13 heteroatoms. The maximum atomic E-state index is 5.44. The van der Waals surface area contributed by atoms with Gasteiger partial charge in [-0.15, -0.1) is 22.7 Å². The van der Waals surface area contributed by atoms with Crippen LogP contribution in [0.25, 0.3) is 0 Å². The third-order valence-electron chi connectivity index (χ3n) is 5.89. The van der Waals surface area contributed by atoms with E-state index in [2.05, 4.69) is 20.6 Å². The van der Waals surface area contributed by atoms with E-state index in [4.69, 9.17) is 28.4 Å². The fourth-order valence-electron chi connectivity index (χ4n) is 3.98. The van der Waals surface area contributed by atoms with Crippen LogP contribution >= 0.6 is 34.4 Å². The van der Waals surface area contributed by atoms with E-state index in [1.165, 1.54) is 0 Å². The number of thioether (sulfide) groups is 1. The second-order valence-corrected chi connectivity index (χ2v) is 11.9. The molecule has 0 spiro atoms. The molecule has 0 saturated heterocycles. The average molecular weight is 619 g/mol. The minimum Gasteiger partial charge on any atom is -0.493 e. The standard InChI is InChI=1S/C28H34N4O6S3/c1-33-19-11-17(12-20(34-2)27(19)37-5)31-25-15-29-23(40-25)7-9-39-10-8-24-30-16-26(41-24)32-18-13-21(35-3)28(38-6)22(14-18)36-4/h11-16,31-32H,7-10H2,1-6H3. The molecule has 0 atom stereocenters. The number of benzene rings is 2. The fraction of sp³-hybridized carbons (Fsp3) is 0.357. The van der Waals surface area contributed by atoms with Gasteiger partial charge in [-0.1, -0.05) is 0 Å². The van der Waals surface area contributed by atoms with Gasteiger partial charge in [0.1, 0.15) is 10.0 Å². The number of thiazole rings is 2. The summed E-state index contributed by atoms with van der Waals surface area (Å²) in [6.45, 7) is 0. The van der Waals surface area contributed by atoms with E-state index in [0.29, 0.717) is 34.5 Å². The Kier molecular flexibility index (Phi) is 11.0. The van der Waals surface area contributed by atoms with E-state index in [9.17, 15) is 0 Å². The van der Waals surface area contributed by atoms with Crippen molar-refractivity contribution < 1.29 is 28.4 Å². The molecule has 2 heterocycles. The van der Waals surface area contributed by atoms with Gasteiger partial charge in [-0.2, -0.15) is 11.8 Å². The number of nitrogens with zero attached hydrogens (tertiary/aromatic N) is 2. The third kappa shape index (κ3) is 7.80. The molecular weight excluding hydrogens is 585 g/mol. The Labute approximate surface area is 252 Å². The second-order valence-electron chi connectivity index (χ2n) is 8.43. The van der Waals surface area contributed by atoms with Crippen molar-refractivity contribution in [3.63, 3.8) is 0 Å². The lowest BCUT2D eigenvalue weighted by molar-refractivity contribution is 0.324. The van der Waals surface area contributed by atoms with E-state index >= 15 is 0 Å². The first kappa shape index (κ1) is 30.4. The van der Waals surface area contributed by atoms with Crippen molar-refractivity contribution in [3.05, 3.63) is 46.7 Å². The summed E-state index contributed by atoms with van der Waals surface area (Å²) in [5, 5.41) is 10.8. The lowest BCUT2D eigenvalue weighted by Crippen LogP contribution is -1.97. The molecule has 4 aromatic rings. The molecule has 0 amide bonds. The second kappa shape index (κ2) is 14.9. The fourth-order valence-corrected chi connectivity index (χ4v) is 6.79. The molecule has 41 heavy (non-hydrogen) atoms. The highest BCUT2D eigenvalue weighted by molar-refractivity contribution is 7.99. The Balaban J connectivity index is 1.23. The maximum absolute atomic E-state index is 5.44. The van der Waals surface area contributed by atoms with Crippen molar-refractivity contribution >= 4 is 55.8 Å². The highest BCUT2D eigenvalue weighted by Gasteiger charge is 2.15. The average Bonchev–Trinajstić information content (AvgIpc) is 3.64. The summed E-state index contributed by atoms with van der Waals surface area (Å²) in [5.74, 6) is 5.48. The maximum Gasteiger partial charge on any atom is 0.203 e. The summed E-state index contributed by atoms with van der Waals surface area (Å²) in [5.41, 5.74) is 1.68. The molecular formula is C28H34N4O6S3. The Morgan fingerprint density at radius 1 is 0.585 bits per heavy atom. The van der Waals surface area contributed by atoms with Crippen LogP contribution in [0.1, 0.15) is 10.0 Å². The topological polar surface area (TPSA) is 105 Å². The van der Waals surface area contributed by atoms with Crippen molar-refractivity contribution in [1.29, 1.82) is 0 Å². The molecule has 2 N–H and O–H groups in total. The van der Waals surface area contributed by atoms with E-state index in [-0.39, 0.29) is 0 Å². The van der Waals surface area contributed by atoms with Crippen LogP contribution in [0.2, 0.25) is 0 Å². The Hall–Kier alpha value is -3.55. The van der Waals surface area contributed by atoms with Crippen LogP contribution in [0.15, 0.2) is 36.7 Å². The van der Waals surface area contributed by atoms with Gasteiger partial charge in [-0.25, -0.2) is 9.97 Å². The van der Waals surface area contributed by atoms with Crippen molar-refractivity contribution in [3.8, 4) is 34.5 Å². The van der Waals surface area contributed by atoms with E-state index in [1.807, 2.05) is 48.4 Å². The number of anilines is 4. The first-order valence-corrected chi connectivity index (χ1v) is 15.4. The zero-order chi connectivity index (χ0) is 29.2. The van der Waals surface area contributed by atoms with Crippen molar-refractivity contribution in [2.75, 3.05) is 64.8 Å². The minimum absolute atomic E-state index is 0.561. The molecule has 2 aromatic heterocycles. The molecule has 0 saturated carbocycles. The van der Waals surface area contributed by atoms with Gasteiger partial charge in [-0.3, -0.25) is 0 Å². The highest BCUT2D eigenvalue weighted by atomic mass is 32.2. The number of hydrogen-bond donors (Lipinski definition) is 2. The Morgan fingerprint density at radius 3 is 1.27 bits per heavy atom. The number of hydrogen-bond acceptors (Lipinski definition) is 13. The van der Waals surface area contributed by atoms with Crippen LogP contribution < -0.4 is 39.1 Å². The Bertz CT molecular complexity index is 1270. The van der Waals surface area contributed by atoms with Gasteiger partial charge < -0.3 is 39.1 Å². The van der Waals surface area contributed by atoms with Gasteiger partial charge in [0.25, 0.3) is 0 Å². The van der Waals surface area contributed by atoms with Crippen LogP contribution in [0, 0.1) is 0 Å². The summed E-state index contributed by atoms with van der Waals surface area (Å²) in [7, 11) is 9.59. The number of rotatable bonds is 16. The molecule has 10 nitrogen and oxygen atoms in total. The third-order valence-corrected chi connectivity index (χ3v) is 8.82. The Morgan fingerprint density at radius 2 is 0.951 bits per heavy atom. The summed E-state index contributed by atoms with van der Waals surface area (Å²) in [4.78, 5) is 9.15. The van der Waals surface area contributed by atoms with Crippen molar-refractivity contribution in [1.82, 2.24) is 9.97 Å². The van der Waals surface area contributed by atoms with Gasteiger partial charge >= 0.3 is 0 Å². The zero-order valence-corrected chi connectivity index (χ0v) is 26.3. The van der Waals surface area contributed by atoms with Crippen LogP contribution in [-0.4, -0.2) is 64.1 Å². The number of ether oxygens (including phenoxy) is 6. The normalized spacial score (nSPS) is 10.7. The lowest BCUT2D eigenvalue weighted by Gasteiger charge is -2.14. The van der Waals surface area contributed by atoms with Gasteiger partial charge in [0.2, 0.25) is 11.5 Å². The van der Waals surface area contributed by atoms with Gasteiger partial charge in [0.05, 0.1) is 65.1 Å². The molecule has 2 aromatic carbocycles. The van der Waals surface area contributed by atoms with Crippen LogP contribution in [0.4, 0.5) is 21.4 Å². The number of aryl methyl sites for hydroxylation is 2. The molecule has 0 bridgehead atoms. The van der Waals surface area contributed by atoms with Gasteiger partial charge in [0, 0.05) is 48.5 Å². The summed E-state index contributed by atoms with van der Waals surface area (Å²) < 4.78 is 32.6. The SMILES string of the molecule is COc1cc(Nc2cnc(CCSCCc3ncc(Nc4cc(OC)c(OC)c(OC)c4)s3)s2)cc(OC)c1OC. The number of aromatic nitrogens is 2. The molecule has 0 aliphatic carbocycles. The molecule has 0 aliphatic rings. The zero-order valence-electron chi connectivity index (χ0n) is 23.9. The van der Waals surface area contributed by atoms with E-state index in [0.717, 1.165) is 55.7 Å². The monoisotopic (exact) mass is 618 g/mol. The lowest BCUT2D eigenvalue weighted by atomic mass is 10.2. The smallest absolute Gasteiger partial charge is 0.203 e. The van der Waals surface area contributed by atoms with Crippen molar-refractivity contribution in [2.45, 2.75) is 12.8 Å². The summed E-state index contributed by atoms with van der Waals surface area (Å²) in [6.07, 6.45) is 5.51. The molecule has 220 valence electrons. The molecule has 4 rings (SSSR count). The van der Waals surface area contributed by atoms with Crippen LogP contribution in [0.5, 0.6) is 34.5 Å². The van der Waals surface area contributed by atoms with E-state index in [1.54, 1.807) is 65.3 Å². The van der Waals surface area contributed by atoms with Crippen molar-refractivity contribution in [2.24, 2.45) is 0 Å². The van der Waals surface area contributed by atoms with Crippen LogP contribution in [0.3, 0.4) is 0 Å². The quantitative estimate of drug-likeness (QED) is 0.132. The molecule has 0 unspecified atom stereocenters. The van der Waals surface area contributed by atoms with Gasteiger partial charge in [-0.05, 0) is 11.5 Å². The number of nitrogens with one attached hydrogen (secondary N) is 2. The predicted octanol–water partition coefficient (Wildman–Crippen LogP) is 6.66. The highest BCUT2D eigenvalue weighted by Crippen LogP contribution is 2.42. The first-order chi connectivity index (χ1) is 20.0. The molecule has 0 radical (unpaired) electrons. The van der Waals surface area contributed by atoms with E-state index < -0.39 is 0 Å². The van der Waals surface area contributed by atoms with Gasteiger partial charge in [0.15, 0.2) is 23.0 Å². The molecule has 0 aliphatic heterocycles. The molecule has 0 fully saturated rings. The summed E-state index contributed by atoms with van der Waals surface area (Å²) in [6, 6.07) is 7.50. The predicted molar refractivity (Wildman–Crippen MR) is 168 cm³/mol. The largest absolute Gasteiger partial charge is 0.493 e. The van der Waals surface area contributed by atoms with Crippen LogP contribution in [-0.2, 0) is 12.8 Å². The number of methoxy groups -OCH3 is 6.